The molecule has 0 amide bonds. The van der Waals surface area contributed by atoms with E-state index in [2.05, 4.69) is 30.5 Å². The Kier molecular flexibility index (Phi) is 3.90. The molecule has 0 spiro atoms. The topological polar surface area (TPSA) is 123 Å². The molecule has 0 aromatic carbocycles. The van der Waals surface area contributed by atoms with Crippen LogP contribution in [0.2, 0.25) is 0 Å². The number of hydrogen-bond acceptors (Lipinski definition) is 8. The first-order valence-corrected chi connectivity index (χ1v) is 6.24. The third-order valence-electron chi connectivity index (χ3n) is 2.03. The van der Waals surface area contributed by atoms with E-state index in [0.29, 0.717) is 23.5 Å². The van der Waals surface area contributed by atoms with Crippen molar-refractivity contribution in [3.05, 3.63) is 22.1 Å². The highest BCUT2D eigenvalue weighted by Crippen LogP contribution is 2.31. The molecule has 2 rings (SSSR count). The summed E-state index contributed by atoms with van der Waals surface area (Å²) >= 11 is 1.02. The fraction of sp³-hybridized carbons (Fsp3) is 0.333. The number of aryl methyl sites for hydroxylation is 1. The van der Waals surface area contributed by atoms with Crippen LogP contribution in [0.3, 0.4) is 0 Å². The average molecular weight is 281 g/mol. The Morgan fingerprint density at radius 2 is 2.32 bits per heavy atom. The molecule has 19 heavy (non-hydrogen) atoms. The van der Waals surface area contributed by atoms with Gasteiger partial charge < -0.3 is 5.32 Å². The zero-order chi connectivity index (χ0) is 13.8. The SMILES string of the molecule is CCNc1ncc([N+](=O)[O-])c(Sc2n[nH]c(C)n2)n1. The van der Waals surface area contributed by atoms with Crippen molar-refractivity contribution in [3.8, 4) is 0 Å². The first-order chi connectivity index (χ1) is 9.10. The molecular formula is C9H11N7O2S. The molecule has 0 saturated heterocycles. The number of nitrogens with zero attached hydrogens (tertiary/aromatic N) is 5. The second-order valence-electron chi connectivity index (χ2n) is 3.48. The molecule has 0 aliphatic heterocycles. The minimum atomic E-state index is -0.530. The van der Waals surface area contributed by atoms with Crippen LogP contribution in [0.4, 0.5) is 11.6 Å². The molecule has 9 nitrogen and oxygen atoms in total. The molecule has 2 aromatic heterocycles. The van der Waals surface area contributed by atoms with Crippen LogP contribution in [0.5, 0.6) is 0 Å². The summed E-state index contributed by atoms with van der Waals surface area (Å²) in [6.45, 7) is 4.26. The van der Waals surface area contributed by atoms with E-state index in [1.165, 1.54) is 6.20 Å². The summed E-state index contributed by atoms with van der Waals surface area (Å²) in [6.07, 6.45) is 1.17. The quantitative estimate of drug-likeness (QED) is 0.479. The molecule has 0 atom stereocenters. The highest BCUT2D eigenvalue weighted by atomic mass is 32.2. The van der Waals surface area contributed by atoms with Crippen LogP contribution in [-0.4, -0.2) is 36.6 Å². The molecule has 0 aliphatic rings. The summed E-state index contributed by atoms with van der Waals surface area (Å²) in [5.41, 5.74) is -0.172. The van der Waals surface area contributed by atoms with Crippen molar-refractivity contribution >= 4 is 23.4 Å². The molecule has 2 heterocycles. The van der Waals surface area contributed by atoms with Crippen LogP contribution >= 0.6 is 11.8 Å². The van der Waals surface area contributed by atoms with Crippen molar-refractivity contribution in [1.29, 1.82) is 0 Å². The van der Waals surface area contributed by atoms with E-state index < -0.39 is 4.92 Å². The maximum absolute atomic E-state index is 10.9. The molecule has 10 heteroatoms. The van der Waals surface area contributed by atoms with E-state index in [-0.39, 0.29) is 10.7 Å². The van der Waals surface area contributed by atoms with Gasteiger partial charge in [-0.05, 0) is 25.6 Å². The van der Waals surface area contributed by atoms with E-state index >= 15 is 0 Å². The second kappa shape index (κ2) is 5.61. The molecular weight excluding hydrogens is 270 g/mol. The molecule has 0 bridgehead atoms. The number of H-pyrrole nitrogens is 1. The lowest BCUT2D eigenvalue weighted by atomic mass is 10.5. The molecule has 0 unspecified atom stereocenters. The van der Waals surface area contributed by atoms with Crippen molar-refractivity contribution in [2.45, 2.75) is 24.0 Å². The molecule has 100 valence electrons. The van der Waals surface area contributed by atoms with Crippen molar-refractivity contribution in [3.63, 3.8) is 0 Å². The van der Waals surface area contributed by atoms with Crippen LogP contribution in [0.15, 0.2) is 16.4 Å². The van der Waals surface area contributed by atoms with Gasteiger partial charge >= 0.3 is 5.69 Å². The van der Waals surface area contributed by atoms with Crippen LogP contribution < -0.4 is 5.32 Å². The third-order valence-corrected chi connectivity index (χ3v) is 2.89. The van der Waals surface area contributed by atoms with E-state index in [9.17, 15) is 10.1 Å². The maximum Gasteiger partial charge on any atom is 0.320 e. The van der Waals surface area contributed by atoms with Crippen LogP contribution in [0, 0.1) is 17.0 Å². The molecule has 0 fully saturated rings. The van der Waals surface area contributed by atoms with E-state index in [1.807, 2.05) is 6.92 Å². The molecule has 0 radical (unpaired) electrons. The Labute approximate surface area is 112 Å². The van der Waals surface area contributed by atoms with Gasteiger partial charge in [0.25, 0.3) is 0 Å². The predicted octanol–water partition coefficient (Wildman–Crippen LogP) is 1.39. The Hall–Kier alpha value is -2.23. The van der Waals surface area contributed by atoms with E-state index in [0.717, 1.165) is 11.8 Å². The fourth-order valence-electron chi connectivity index (χ4n) is 1.26. The first kappa shape index (κ1) is 13.2. The molecule has 2 aromatic rings. The molecule has 0 aliphatic carbocycles. The standard InChI is InChI=1S/C9H11N7O2S/c1-3-10-8-11-4-6(16(17)18)7(13-8)19-9-12-5(2)14-15-9/h4H,3H2,1-2H3,(H,10,11,13)(H,12,14,15). The normalized spacial score (nSPS) is 10.4. The summed E-state index contributed by atoms with van der Waals surface area (Å²) in [6, 6.07) is 0. The molecule has 0 saturated carbocycles. The van der Waals surface area contributed by atoms with E-state index in [1.54, 1.807) is 6.92 Å². The van der Waals surface area contributed by atoms with Gasteiger partial charge in [0.1, 0.15) is 12.0 Å². The Morgan fingerprint density at radius 3 is 2.89 bits per heavy atom. The number of anilines is 1. The van der Waals surface area contributed by atoms with Gasteiger partial charge in [0, 0.05) is 6.54 Å². The maximum atomic E-state index is 10.9. The van der Waals surface area contributed by atoms with Crippen molar-refractivity contribution in [2.75, 3.05) is 11.9 Å². The van der Waals surface area contributed by atoms with Gasteiger partial charge in [0.2, 0.25) is 11.1 Å². The first-order valence-electron chi connectivity index (χ1n) is 5.42. The minimum Gasteiger partial charge on any atom is -0.354 e. The van der Waals surface area contributed by atoms with Gasteiger partial charge in [-0.25, -0.2) is 9.97 Å². The number of hydrogen-bond donors (Lipinski definition) is 2. The van der Waals surface area contributed by atoms with Crippen molar-refractivity contribution in [2.24, 2.45) is 0 Å². The zero-order valence-electron chi connectivity index (χ0n) is 10.2. The molecule has 2 N–H and O–H groups in total. The zero-order valence-corrected chi connectivity index (χ0v) is 11.1. The monoisotopic (exact) mass is 281 g/mol. The minimum absolute atomic E-state index is 0.172. The van der Waals surface area contributed by atoms with Gasteiger partial charge in [0.15, 0.2) is 5.03 Å². The third kappa shape index (κ3) is 3.16. The number of nitro groups is 1. The fourth-order valence-corrected chi connectivity index (χ4v) is 2.07. The largest absolute Gasteiger partial charge is 0.354 e. The van der Waals surface area contributed by atoms with Crippen molar-refractivity contribution in [1.82, 2.24) is 25.1 Å². The lowest BCUT2D eigenvalue weighted by Crippen LogP contribution is -2.04. The van der Waals surface area contributed by atoms with Crippen LogP contribution in [0.25, 0.3) is 0 Å². The Balaban J connectivity index is 2.34. The highest BCUT2D eigenvalue weighted by molar-refractivity contribution is 7.99. The van der Waals surface area contributed by atoms with Crippen LogP contribution in [-0.2, 0) is 0 Å². The number of aromatic nitrogens is 5. The summed E-state index contributed by atoms with van der Waals surface area (Å²) in [7, 11) is 0. The summed E-state index contributed by atoms with van der Waals surface area (Å²) in [5.74, 6) is 0.967. The van der Waals surface area contributed by atoms with Gasteiger partial charge in [-0.3, -0.25) is 15.2 Å². The summed E-state index contributed by atoms with van der Waals surface area (Å²) < 4.78 is 0. The Morgan fingerprint density at radius 1 is 1.53 bits per heavy atom. The summed E-state index contributed by atoms with van der Waals surface area (Å²) in [5, 5.41) is 21.0. The van der Waals surface area contributed by atoms with Gasteiger partial charge in [-0.2, -0.15) is 4.98 Å². The van der Waals surface area contributed by atoms with E-state index in [4.69, 9.17) is 0 Å². The summed E-state index contributed by atoms with van der Waals surface area (Å²) in [4.78, 5) is 22.4. The lowest BCUT2D eigenvalue weighted by Gasteiger charge is -2.03. The predicted molar refractivity (Wildman–Crippen MR) is 68.1 cm³/mol. The number of rotatable bonds is 5. The van der Waals surface area contributed by atoms with Gasteiger partial charge in [0.05, 0.1) is 4.92 Å². The lowest BCUT2D eigenvalue weighted by molar-refractivity contribution is -0.388. The highest BCUT2D eigenvalue weighted by Gasteiger charge is 2.20. The number of nitrogens with one attached hydrogen (secondary N) is 2. The average Bonchev–Trinajstić information content (AvgIpc) is 2.75. The number of aromatic amines is 1. The van der Waals surface area contributed by atoms with Crippen LogP contribution in [0.1, 0.15) is 12.7 Å². The van der Waals surface area contributed by atoms with Crippen molar-refractivity contribution < 1.29 is 4.92 Å². The second-order valence-corrected chi connectivity index (χ2v) is 4.43. The smallest absolute Gasteiger partial charge is 0.320 e. The Bertz CT molecular complexity index is 600. The van der Waals surface area contributed by atoms with Gasteiger partial charge in [-0.1, -0.05) is 0 Å². The van der Waals surface area contributed by atoms with Gasteiger partial charge in [-0.15, -0.1) is 5.10 Å².